The van der Waals surface area contributed by atoms with E-state index in [1.165, 1.54) is 49.7 Å². The Morgan fingerprint density at radius 3 is 2.25 bits per heavy atom. The lowest BCUT2D eigenvalue weighted by Gasteiger charge is -2.15. The Labute approximate surface area is 242 Å². The SMILES string of the molecule is CC/C=C/CCOc1c(OCCCCCCCCCC)c2cccc(OC/C=C(\C)CCC=C(C)C)c2oc1=O. The fourth-order valence-electron chi connectivity index (χ4n) is 4.42. The van der Waals surface area contributed by atoms with E-state index >= 15 is 0 Å². The molecular weight excluding hydrogens is 500 g/mol. The van der Waals surface area contributed by atoms with E-state index in [4.69, 9.17) is 18.6 Å². The molecule has 1 heterocycles. The minimum absolute atomic E-state index is 0.143. The summed E-state index contributed by atoms with van der Waals surface area (Å²) < 4.78 is 24.0. The number of allylic oxidation sites excluding steroid dienone is 4. The van der Waals surface area contributed by atoms with Crippen LogP contribution >= 0.6 is 0 Å². The first-order valence-corrected chi connectivity index (χ1v) is 15.4. The number of rotatable bonds is 21. The van der Waals surface area contributed by atoms with Crippen molar-refractivity contribution in [2.45, 2.75) is 112 Å². The van der Waals surface area contributed by atoms with E-state index in [9.17, 15) is 4.79 Å². The molecule has 222 valence electrons. The van der Waals surface area contributed by atoms with E-state index in [1.807, 2.05) is 18.2 Å². The molecule has 0 aliphatic carbocycles. The Hall–Kier alpha value is -2.95. The van der Waals surface area contributed by atoms with Crippen LogP contribution in [0.3, 0.4) is 0 Å². The van der Waals surface area contributed by atoms with E-state index in [0.717, 1.165) is 32.1 Å². The monoisotopic (exact) mass is 552 g/mol. The van der Waals surface area contributed by atoms with Crippen LogP contribution in [0.5, 0.6) is 17.2 Å². The van der Waals surface area contributed by atoms with Crippen LogP contribution in [0.1, 0.15) is 112 Å². The molecule has 0 aliphatic rings. The minimum atomic E-state index is -0.539. The summed E-state index contributed by atoms with van der Waals surface area (Å²) in [4.78, 5) is 13.1. The highest BCUT2D eigenvalue weighted by Crippen LogP contribution is 2.37. The Kier molecular flexibility index (Phi) is 16.6. The van der Waals surface area contributed by atoms with Crippen LogP contribution in [0, 0.1) is 0 Å². The quantitative estimate of drug-likeness (QED) is 0.0876. The van der Waals surface area contributed by atoms with E-state index in [0.29, 0.717) is 48.7 Å². The molecule has 0 saturated carbocycles. The van der Waals surface area contributed by atoms with Crippen molar-refractivity contribution in [2.24, 2.45) is 0 Å². The summed E-state index contributed by atoms with van der Waals surface area (Å²) in [6, 6.07) is 5.63. The molecule has 0 saturated heterocycles. The van der Waals surface area contributed by atoms with Crippen molar-refractivity contribution in [1.82, 2.24) is 0 Å². The van der Waals surface area contributed by atoms with Crippen LogP contribution in [0.4, 0.5) is 0 Å². The van der Waals surface area contributed by atoms with Gasteiger partial charge >= 0.3 is 5.63 Å². The first-order chi connectivity index (χ1) is 19.5. The third-order valence-corrected chi connectivity index (χ3v) is 6.75. The number of para-hydroxylation sites is 1. The summed E-state index contributed by atoms with van der Waals surface area (Å²) in [5.41, 5.74) is 2.45. The van der Waals surface area contributed by atoms with Crippen LogP contribution < -0.4 is 19.8 Å². The van der Waals surface area contributed by atoms with Gasteiger partial charge in [0.15, 0.2) is 17.1 Å². The molecule has 0 bridgehead atoms. The van der Waals surface area contributed by atoms with Crippen LogP contribution in [-0.2, 0) is 0 Å². The predicted molar refractivity (Wildman–Crippen MR) is 168 cm³/mol. The molecule has 0 fully saturated rings. The third-order valence-electron chi connectivity index (χ3n) is 6.75. The molecule has 0 N–H and O–H groups in total. The van der Waals surface area contributed by atoms with Gasteiger partial charge in [-0.25, -0.2) is 4.79 Å². The lowest BCUT2D eigenvalue weighted by Crippen LogP contribution is -2.12. The summed E-state index contributed by atoms with van der Waals surface area (Å²) in [6.45, 7) is 12.0. The topological polar surface area (TPSA) is 57.9 Å². The summed E-state index contributed by atoms with van der Waals surface area (Å²) in [5, 5.41) is 0.694. The molecule has 1 aromatic carbocycles. The molecule has 5 heteroatoms. The van der Waals surface area contributed by atoms with Gasteiger partial charge in [-0.05, 0) is 71.1 Å². The average molecular weight is 553 g/mol. The fraction of sp³-hybridized carbons (Fsp3) is 0.571. The Morgan fingerprint density at radius 2 is 1.52 bits per heavy atom. The number of benzene rings is 1. The Morgan fingerprint density at radius 1 is 0.800 bits per heavy atom. The molecule has 0 amide bonds. The van der Waals surface area contributed by atoms with Gasteiger partial charge in [0.2, 0.25) is 5.75 Å². The summed E-state index contributed by atoms with van der Waals surface area (Å²) in [7, 11) is 0. The first kappa shape index (κ1) is 33.3. The lowest BCUT2D eigenvalue weighted by molar-refractivity contribution is 0.257. The van der Waals surface area contributed by atoms with Crippen LogP contribution in [0.25, 0.3) is 11.0 Å². The number of ether oxygens (including phenoxy) is 3. The highest BCUT2D eigenvalue weighted by atomic mass is 16.5. The number of hydrogen-bond donors (Lipinski definition) is 0. The zero-order valence-corrected chi connectivity index (χ0v) is 25.7. The van der Waals surface area contributed by atoms with Gasteiger partial charge in [0.25, 0.3) is 0 Å². The largest absolute Gasteiger partial charge is 0.489 e. The van der Waals surface area contributed by atoms with Gasteiger partial charge in [-0.2, -0.15) is 0 Å². The van der Waals surface area contributed by atoms with Crippen molar-refractivity contribution < 1.29 is 18.6 Å². The normalized spacial score (nSPS) is 11.8. The number of fused-ring (bicyclic) bond motifs is 1. The van der Waals surface area contributed by atoms with Gasteiger partial charge in [-0.15, -0.1) is 0 Å². The van der Waals surface area contributed by atoms with Crippen LogP contribution in [-0.4, -0.2) is 19.8 Å². The molecular formula is C35H52O5. The highest BCUT2D eigenvalue weighted by molar-refractivity contribution is 5.89. The molecule has 0 atom stereocenters. The molecule has 0 spiro atoms. The van der Waals surface area contributed by atoms with Gasteiger partial charge in [0.1, 0.15) is 6.61 Å². The fourth-order valence-corrected chi connectivity index (χ4v) is 4.42. The maximum Gasteiger partial charge on any atom is 0.383 e. The minimum Gasteiger partial charge on any atom is -0.489 e. The summed E-state index contributed by atoms with van der Waals surface area (Å²) in [6.07, 6.45) is 21.9. The highest BCUT2D eigenvalue weighted by Gasteiger charge is 2.20. The van der Waals surface area contributed by atoms with Gasteiger partial charge in [0.05, 0.1) is 18.6 Å². The van der Waals surface area contributed by atoms with Crippen LogP contribution in [0.15, 0.2) is 62.9 Å². The second-order valence-electron chi connectivity index (χ2n) is 10.7. The maximum atomic E-state index is 13.1. The number of unbranched alkanes of at least 4 members (excludes halogenated alkanes) is 7. The van der Waals surface area contributed by atoms with Gasteiger partial charge in [-0.1, -0.05) is 94.2 Å². The van der Waals surface area contributed by atoms with Crippen molar-refractivity contribution in [1.29, 1.82) is 0 Å². The molecule has 1 aromatic heterocycles. The van der Waals surface area contributed by atoms with E-state index in [1.54, 1.807) is 0 Å². The van der Waals surface area contributed by atoms with Crippen molar-refractivity contribution in [3.05, 3.63) is 64.1 Å². The third kappa shape index (κ3) is 12.5. The Balaban J connectivity index is 2.15. The lowest BCUT2D eigenvalue weighted by atomic mass is 10.1. The molecule has 0 radical (unpaired) electrons. The average Bonchev–Trinajstić information content (AvgIpc) is 2.93. The molecule has 40 heavy (non-hydrogen) atoms. The zero-order valence-electron chi connectivity index (χ0n) is 25.7. The number of hydrogen-bond acceptors (Lipinski definition) is 5. The van der Waals surface area contributed by atoms with Crippen molar-refractivity contribution in [3.8, 4) is 17.2 Å². The van der Waals surface area contributed by atoms with Gasteiger partial charge in [-0.3, -0.25) is 0 Å². The Bertz CT molecular complexity index is 1130. The van der Waals surface area contributed by atoms with E-state index < -0.39 is 5.63 Å². The van der Waals surface area contributed by atoms with Crippen molar-refractivity contribution in [3.63, 3.8) is 0 Å². The van der Waals surface area contributed by atoms with Gasteiger partial charge < -0.3 is 18.6 Å². The van der Waals surface area contributed by atoms with E-state index in [-0.39, 0.29) is 5.75 Å². The van der Waals surface area contributed by atoms with Gasteiger partial charge in [0, 0.05) is 0 Å². The maximum absolute atomic E-state index is 13.1. The summed E-state index contributed by atoms with van der Waals surface area (Å²) in [5.74, 6) is 1.12. The molecule has 0 aliphatic heterocycles. The molecule has 5 nitrogen and oxygen atoms in total. The zero-order chi connectivity index (χ0) is 29.0. The second kappa shape index (κ2) is 20.0. The second-order valence-corrected chi connectivity index (χ2v) is 10.7. The van der Waals surface area contributed by atoms with Crippen molar-refractivity contribution in [2.75, 3.05) is 19.8 Å². The smallest absolute Gasteiger partial charge is 0.383 e. The summed E-state index contributed by atoms with van der Waals surface area (Å²) >= 11 is 0. The molecule has 2 aromatic rings. The van der Waals surface area contributed by atoms with Crippen LogP contribution in [0.2, 0.25) is 0 Å². The standard InChI is InChI=1S/C35H52O5/c1-6-8-10-12-13-14-15-17-25-38-33-30-22-19-23-31(37-27-24-29(5)21-18-20-28(3)4)32(30)40-35(36)34(33)39-26-16-11-9-7-2/h9,11,19-20,22-24H,6-8,10,12-18,21,25-27H2,1-5H3/b11-9+,29-24+. The first-order valence-electron chi connectivity index (χ1n) is 15.4. The van der Waals surface area contributed by atoms with Crippen molar-refractivity contribution >= 4 is 11.0 Å². The molecule has 2 rings (SSSR count). The van der Waals surface area contributed by atoms with E-state index in [2.05, 4.69) is 58.9 Å². The predicted octanol–water partition coefficient (Wildman–Crippen LogP) is 10.1. The molecule has 0 unspecified atom stereocenters.